The van der Waals surface area contributed by atoms with E-state index in [1.807, 2.05) is 12.1 Å². The van der Waals surface area contributed by atoms with Gasteiger partial charge in [-0.05, 0) is 35.9 Å². The molecular weight excluding hydrogens is 317 g/mol. The van der Waals surface area contributed by atoms with Gasteiger partial charge in [-0.1, -0.05) is 29.8 Å². The zero-order valence-corrected chi connectivity index (χ0v) is 12.8. The molecule has 6 heteroatoms. The van der Waals surface area contributed by atoms with Gasteiger partial charge in [-0.25, -0.2) is 9.07 Å². The molecule has 1 heterocycles. The van der Waals surface area contributed by atoms with Crippen molar-refractivity contribution in [2.45, 2.75) is 6.42 Å². The lowest BCUT2D eigenvalue weighted by Crippen LogP contribution is -2.15. The van der Waals surface area contributed by atoms with Crippen LogP contribution in [0.15, 0.2) is 60.9 Å². The molecule has 4 nitrogen and oxygen atoms in total. The largest absolute Gasteiger partial charge is 0.326 e. The van der Waals surface area contributed by atoms with Crippen LogP contribution in [0.25, 0.3) is 5.69 Å². The van der Waals surface area contributed by atoms with Crippen molar-refractivity contribution in [1.29, 1.82) is 0 Å². The number of carbonyl (C=O) groups excluding carboxylic acids is 1. The number of anilines is 1. The molecule has 0 bridgehead atoms. The van der Waals surface area contributed by atoms with Crippen molar-refractivity contribution >= 4 is 23.2 Å². The number of rotatable bonds is 4. The van der Waals surface area contributed by atoms with Crippen LogP contribution < -0.4 is 5.32 Å². The Labute approximate surface area is 137 Å². The van der Waals surface area contributed by atoms with Gasteiger partial charge >= 0.3 is 0 Å². The smallest absolute Gasteiger partial charge is 0.228 e. The van der Waals surface area contributed by atoms with Gasteiger partial charge in [0, 0.05) is 11.9 Å². The average molecular weight is 330 g/mol. The summed E-state index contributed by atoms with van der Waals surface area (Å²) < 4.78 is 15.2. The number of nitrogens with one attached hydrogen (secondary N) is 1. The van der Waals surface area contributed by atoms with Crippen molar-refractivity contribution in [3.05, 3.63) is 77.3 Å². The Morgan fingerprint density at radius 2 is 1.91 bits per heavy atom. The average Bonchev–Trinajstić information content (AvgIpc) is 2.97. The minimum Gasteiger partial charge on any atom is -0.326 e. The molecule has 0 aliphatic heterocycles. The lowest BCUT2D eigenvalue weighted by atomic mass is 10.1. The van der Waals surface area contributed by atoms with Crippen LogP contribution in [0, 0.1) is 5.82 Å². The molecular formula is C17H13ClFN3O. The van der Waals surface area contributed by atoms with Crippen LogP contribution in [-0.4, -0.2) is 15.7 Å². The molecule has 0 radical (unpaired) electrons. The molecule has 0 unspecified atom stereocenters. The highest BCUT2D eigenvalue weighted by atomic mass is 35.5. The Kier molecular flexibility index (Phi) is 4.39. The van der Waals surface area contributed by atoms with Crippen molar-refractivity contribution in [2.75, 3.05) is 5.32 Å². The van der Waals surface area contributed by atoms with E-state index in [1.54, 1.807) is 47.4 Å². The van der Waals surface area contributed by atoms with Gasteiger partial charge in [-0.2, -0.15) is 5.10 Å². The number of amides is 1. The Bertz CT molecular complexity index is 830. The quantitative estimate of drug-likeness (QED) is 0.790. The highest BCUT2D eigenvalue weighted by Crippen LogP contribution is 2.16. The molecule has 0 aliphatic carbocycles. The van der Waals surface area contributed by atoms with Gasteiger partial charge < -0.3 is 5.32 Å². The Morgan fingerprint density at radius 1 is 1.17 bits per heavy atom. The molecule has 0 saturated carbocycles. The van der Waals surface area contributed by atoms with Crippen molar-refractivity contribution in [3.63, 3.8) is 0 Å². The molecule has 0 fully saturated rings. The topological polar surface area (TPSA) is 46.9 Å². The van der Waals surface area contributed by atoms with Crippen LogP contribution >= 0.6 is 11.6 Å². The first-order valence-corrected chi connectivity index (χ1v) is 7.33. The van der Waals surface area contributed by atoms with Crippen LogP contribution in [0.5, 0.6) is 0 Å². The fourth-order valence-corrected chi connectivity index (χ4v) is 2.30. The first-order chi connectivity index (χ1) is 11.1. The Balaban J connectivity index is 1.66. The van der Waals surface area contributed by atoms with Crippen molar-refractivity contribution in [1.82, 2.24) is 9.78 Å². The summed E-state index contributed by atoms with van der Waals surface area (Å²) >= 11 is 5.83. The normalized spacial score (nSPS) is 10.5. The summed E-state index contributed by atoms with van der Waals surface area (Å²) in [7, 11) is 0. The third kappa shape index (κ3) is 3.76. The summed E-state index contributed by atoms with van der Waals surface area (Å²) in [4.78, 5) is 12.0. The Hall–Kier alpha value is -2.66. The van der Waals surface area contributed by atoms with E-state index in [9.17, 15) is 9.18 Å². The fraction of sp³-hybridized carbons (Fsp3) is 0.0588. The second kappa shape index (κ2) is 6.62. The Morgan fingerprint density at radius 3 is 2.57 bits per heavy atom. The number of hydrogen-bond acceptors (Lipinski definition) is 2. The summed E-state index contributed by atoms with van der Waals surface area (Å²) in [6.07, 6.45) is 3.22. The van der Waals surface area contributed by atoms with Crippen LogP contribution in [0.4, 0.5) is 10.1 Å². The summed E-state index contributed by atoms with van der Waals surface area (Å²) in [5, 5.41) is 7.39. The molecule has 0 atom stereocenters. The van der Waals surface area contributed by atoms with Crippen molar-refractivity contribution < 1.29 is 9.18 Å². The van der Waals surface area contributed by atoms with E-state index in [-0.39, 0.29) is 18.1 Å². The molecule has 116 valence electrons. The summed E-state index contributed by atoms with van der Waals surface area (Å²) in [6.45, 7) is 0. The SMILES string of the molecule is O=C(Cc1ccccc1F)Nc1ccc(-n2cc(Cl)cn2)cc1. The molecule has 3 rings (SSSR count). The second-order valence-corrected chi connectivity index (χ2v) is 5.40. The predicted molar refractivity (Wildman–Crippen MR) is 87.3 cm³/mol. The zero-order valence-electron chi connectivity index (χ0n) is 12.0. The van der Waals surface area contributed by atoms with E-state index in [4.69, 9.17) is 11.6 Å². The van der Waals surface area contributed by atoms with E-state index in [2.05, 4.69) is 10.4 Å². The number of hydrogen-bond donors (Lipinski definition) is 1. The van der Waals surface area contributed by atoms with E-state index < -0.39 is 0 Å². The summed E-state index contributed by atoms with van der Waals surface area (Å²) in [5.41, 5.74) is 1.82. The van der Waals surface area contributed by atoms with Gasteiger partial charge in [-0.3, -0.25) is 4.79 Å². The van der Waals surface area contributed by atoms with Crippen LogP contribution in [0.3, 0.4) is 0 Å². The van der Waals surface area contributed by atoms with E-state index >= 15 is 0 Å². The number of nitrogens with zero attached hydrogens (tertiary/aromatic N) is 2. The molecule has 2 aromatic carbocycles. The van der Waals surface area contributed by atoms with Gasteiger partial charge in [0.1, 0.15) is 5.82 Å². The highest BCUT2D eigenvalue weighted by molar-refractivity contribution is 6.30. The van der Waals surface area contributed by atoms with Crippen LogP contribution in [-0.2, 0) is 11.2 Å². The van der Waals surface area contributed by atoms with Gasteiger partial charge in [0.15, 0.2) is 0 Å². The maximum absolute atomic E-state index is 13.5. The maximum atomic E-state index is 13.5. The highest BCUT2D eigenvalue weighted by Gasteiger charge is 2.08. The molecule has 0 saturated heterocycles. The molecule has 3 aromatic rings. The second-order valence-electron chi connectivity index (χ2n) is 4.97. The zero-order chi connectivity index (χ0) is 16.2. The van der Waals surface area contributed by atoms with Crippen molar-refractivity contribution in [3.8, 4) is 5.69 Å². The minimum atomic E-state index is -0.381. The lowest BCUT2D eigenvalue weighted by molar-refractivity contribution is -0.115. The monoisotopic (exact) mass is 329 g/mol. The van der Waals surface area contributed by atoms with E-state index in [0.29, 0.717) is 16.3 Å². The fourth-order valence-electron chi connectivity index (χ4n) is 2.16. The molecule has 23 heavy (non-hydrogen) atoms. The van der Waals surface area contributed by atoms with Crippen LogP contribution in [0.1, 0.15) is 5.56 Å². The molecule has 1 N–H and O–H groups in total. The standard InChI is InChI=1S/C17H13ClFN3O/c18-13-10-20-22(11-13)15-7-5-14(6-8-15)21-17(23)9-12-3-1-2-4-16(12)19/h1-8,10-11H,9H2,(H,21,23). The number of carbonyl (C=O) groups is 1. The third-order valence-corrected chi connectivity index (χ3v) is 3.47. The van der Waals surface area contributed by atoms with Crippen LogP contribution in [0.2, 0.25) is 5.02 Å². The van der Waals surface area contributed by atoms with Gasteiger partial charge in [0.25, 0.3) is 0 Å². The number of halogens is 2. The number of benzene rings is 2. The molecule has 0 aliphatic rings. The van der Waals surface area contributed by atoms with Gasteiger partial charge in [0.05, 0.1) is 23.3 Å². The van der Waals surface area contributed by atoms with E-state index in [0.717, 1.165) is 5.69 Å². The van der Waals surface area contributed by atoms with E-state index in [1.165, 1.54) is 6.07 Å². The first-order valence-electron chi connectivity index (χ1n) is 6.96. The summed E-state index contributed by atoms with van der Waals surface area (Å²) in [6, 6.07) is 13.4. The summed E-state index contributed by atoms with van der Waals surface area (Å²) in [5.74, 6) is -0.654. The number of aromatic nitrogens is 2. The van der Waals surface area contributed by atoms with Crippen molar-refractivity contribution in [2.24, 2.45) is 0 Å². The first kappa shape index (κ1) is 15.2. The van der Waals surface area contributed by atoms with Gasteiger partial charge in [-0.15, -0.1) is 0 Å². The minimum absolute atomic E-state index is 0.0107. The third-order valence-electron chi connectivity index (χ3n) is 3.28. The van der Waals surface area contributed by atoms with Gasteiger partial charge in [0.2, 0.25) is 5.91 Å². The maximum Gasteiger partial charge on any atom is 0.228 e. The molecule has 1 aromatic heterocycles. The lowest BCUT2D eigenvalue weighted by Gasteiger charge is -2.07. The molecule has 0 spiro atoms. The molecule has 1 amide bonds. The predicted octanol–water partition coefficient (Wildman–Crippen LogP) is 3.85.